The van der Waals surface area contributed by atoms with E-state index in [0.29, 0.717) is 6.54 Å². The van der Waals surface area contributed by atoms with E-state index in [1.165, 1.54) is 25.6 Å². The summed E-state index contributed by atoms with van der Waals surface area (Å²) in [5.74, 6) is -0.0976. The summed E-state index contributed by atoms with van der Waals surface area (Å²) in [7, 11) is 0. The van der Waals surface area contributed by atoms with E-state index < -0.39 is 0 Å². The van der Waals surface area contributed by atoms with Gasteiger partial charge in [0.05, 0.1) is 12.6 Å². The number of amides is 1. The lowest BCUT2D eigenvalue weighted by Gasteiger charge is -2.21. The quantitative estimate of drug-likeness (QED) is 0.890. The van der Waals surface area contributed by atoms with Gasteiger partial charge in [-0.2, -0.15) is 5.10 Å². The molecule has 0 spiro atoms. The van der Waals surface area contributed by atoms with Crippen LogP contribution < -0.4 is 5.32 Å². The van der Waals surface area contributed by atoms with Crippen LogP contribution in [0.15, 0.2) is 36.9 Å². The van der Waals surface area contributed by atoms with E-state index in [1.54, 1.807) is 11.0 Å². The molecule has 1 aliphatic carbocycles. The monoisotopic (exact) mass is 314 g/mol. The molecule has 2 aromatic rings. The predicted octanol–water partition coefficient (Wildman–Crippen LogP) is 2.61. The molecule has 0 unspecified atom stereocenters. The highest BCUT2D eigenvalue weighted by Gasteiger charge is 2.15. The third-order valence-corrected chi connectivity index (χ3v) is 4.05. The van der Waals surface area contributed by atoms with E-state index in [9.17, 15) is 4.79 Å². The Morgan fingerprint density at radius 3 is 2.70 bits per heavy atom. The van der Waals surface area contributed by atoms with Crippen LogP contribution in [-0.2, 0) is 16.1 Å². The Bertz CT molecular complexity index is 604. The standard InChI is InChI=1S/C17H22N4O2/c22-17(11-23-16-4-2-1-3-5-16)20-15-8-6-14(7-9-15)10-21-13-18-12-19-21/h6-9,12-13,16H,1-5,10-11H2,(H,20,22). The lowest BCUT2D eigenvalue weighted by atomic mass is 9.98. The molecule has 0 radical (unpaired) electrons. The number of anilines is 1. The third-order valence-electron chi connectivity index (χ3n) is 4.05. The molecule has 1 aromatic heterocycles. The fourth-order valence-electron chi connectivity index (χ4n) is 2.82. The highest BCUT2D eigenvalue weighted by molar-refractivity contribution is 5.91. The van der Waals surface area contributed by atoms with Crippen molar-refractivity contribution in [2.75, 3.05) is 11.9 Å². The maximum absolute atomic E-state index is 11.9. The minimum Gasteiger partial charge on any atom is -0.368 e. The number of carbonyl (C=O) groups excluding carboxylic acids is 1. The molecule has 1 aliphatic rings. The summed E-state index contributed by atoms with van der Waals surface area (Å²) in [5, 5.41) is 6.94. The first-order valence-electron chi connectivity index (χ1n) is 8.12. The summed E-state index contributed by atoms with van der Waals surface area (Å²) >= 11 is 0. The van der Waals surface area contributed by atoms with Crippen LogP contribution in [0.25, 0.3) is 0 Å². The molecule has 23 heavy (non-hydrogen) atoms. The van der Waals surface area contributed by atoms with Crippen molar-refractivity contribution in [1.29, 1.82) is 0 Å². The van der Waals surface area contributed by atoms with Gasteiger partial charge in [-0.05, 0) is 30.5 Å². The molecule has 6 heteroatoms. The van der Waals surface area contributed by atoms with E-state index in [2.05, 4.69) is 15.4 Å². The summed E-state index contributed by atoms with van der Waals surface area (Å²) in [4.78, 5) is 15.9. The molecule has 1 aromatic carbocycles. The molecule has 1 N–H and O–H groups in total. The lowest BCUT2D eigenvalue weighted by Crippen LogP contribution is -2.24. The van der Waals surface area contributed by atoms with Crippen LogP contribution >= 0.6 is 0 Å². The maximum Gasteiger partial charge on any atom is 0.250 e. The van der Waals surface area contributed by atoms with Crippen LogP contribution in [0.4, 0.5) is 5.69 Å². The van der Waals surface area contributed by atoms with Crippen molar-refractivity contribution < 1.29 is 9.53 Å². The number of hydrogen-bond donors (Lipinski definition) is 1. The maximum atomic E-state index is 11.9. The van der Waals surface area contributed by atoms with E-state index >= 15 is 0 Å². The molecule has 122 valence electrons. The van der Waals surface area contributed by atoms with E-state index in [1.807, 2.05) is 24.3 Å². The summed E-state index contributed by atoms with van der Waals surface area (Å²) < 4.78 is 7.44. The van der Waals surface area contributed by atoms with E-state index in [-0.39, 0.29) is 18.6 Å². The van der Waals surface area contributed by atoms with Gasteiger partial charge in [-0.1, -0.05) is 31.4 Å². The second-order valence-electron chi connectivity index (χ2n) is 5.91. The average Bonchev–Trinajstić information content (AvgIpc) is 3.09. The minimum absolute atomic E-state index is 0.0976. The zero-order chi connectivity index (χ0) is 15.9. The van der Waals surface area contributed by atoms with Gasteiger partial charge in [0.1, 0.15) is 19.3 Å². The van der Waals surface area contributed by atoms with Gasteiger partial charge in [0.15, 0.2) is 0 Å². The first-order valence-corrected chi connectivity index (χ1v) is 8.12. The van der Waals surface area contributed by atoms with Crippen molar-refractivity contribution >= 4 is 11.6 Å². The molecule has 1 heterocycles. The van der Waals surface area contributed by atoms with Crippen LogP contribution in [0.5, 0.6) is 0 Å². The number of aromatic nitrogens is 3. The van der Waals surface area contributed by atoms with Crippen molar-refractivity contribution in [2.24, 2.45) is 0 Å². The van der Waals surface area contributed by atoms with Gasteiger partial charge < -0.3 is 10.1 Å². The molecule has 0 atom stereocenters. The fraction of sp³-hybridized carbons (Fsp3) is 0.471. The second-order valence-corrected chi connectivity index (χ2v) is 5.91. The van der Waals surface area contributed by atoms with Crippen molar-refractivity contribution in [1.82, 2.24) is 14.8 Å². The number of nitrogens with zero attached hydrogens (tertiary/aromatic N) is 3. The Balaban J connectivity index is 1.44. The Labute approximate surface area is 135 Å². The number of carbonyl (C=O) groups is 1. The largest absolute Gasteiger partial charge is 0.368 e. The fourth-order valence-corrected chi connectivity index (χ4v) is 2.82. The van der Waals surface area contributed by atoms with Gasteiger partial charge in [-0.15, -0.1) is 0 Å². The Morgan fingerprint density at radius 1 is 1.22 bits per heavy atom. The van der Waals surface area contributed by atoms with Gasteiger partial charge in [-0.3, -0.25) is 4.79 Å². The van der Waals surface area contributed by atoms with Gasteiger partial charge in [0, 0.05) is 5.69 Å². The normalized spacial score (nSPS) is 15.5. The van der Waals surface area contributed by atoms with E-state index in [0.717, 1.165) is 24.1 Å². The van der Waals surface area contributed by atoms with Gasteiger partial charge in [0.25, 0.3) is 0 Å². The highest BCUT2D eigenvalue weighted by Crippen LogP contribution is 2.20. The van der Waals surface area contributed by atoms with Gasteiger partial charge in [0.2, 0.25) is 5.91 Å². The minimum atomic E-state index is -0.0976. The molecule has 1 saturated carbocycles. The van der Waals surface area contributed by atoms with Crippen molar-refractivity contribution in [3.8, 4) is 0 Å². The zero-order valence-corrected chi connectivity index (χ0v) is 13.1. The number of ether oxygens (including phenoxy) is 1. The van der Waals surface area contributed by atoms with Crippen LogP contribution in [0.3, 0.4) is 0 Å². The third kappa shape index (κ3) is 4.89. The van der Waals surface area contributed by atoms with Crippen molar-refractivity contribution in [3.63, 3.8) is 0 Å². The Morgan fingerprint density at radius 2 is 2.00 bits per heavy atom. The summed E-state index contributed by atoms with van der Waals surface area (Å²) in [6.45, 7) is 0.796. The lowest BCUT2D eigenvalue weighted by molar-refractivity contribution is -0.123. The SMILES string of the molecule is O=C(COC1CCCCC1)Nc1ccc(Cn2cncn2)cc1. The molecule has 6 nitrogen and oxygen atoms in total. The first-order chi connectivity index (χ1) is 11.3. The Hall–Kier alpha value is -2.21. The number of hydrogen-bond acceptors (Lipinski definition) is 4. The molecule has 0 saturated heterocycles. The van der Waals surface area contributed by atoms with Gasteiger partial charge >= 0.3 is 0 Å². The second kappa shape index (κ2) is 7.87. The molecule has 3 rings (SSSR count). The highest BCUT2D eigenvalue weighted by atomic mass is 16.5. The summed E-state index contributed by atoms with van der Waals surface area (Å²) in [6.07, 6.45) is 9.29. The van der Waals surface area contributed by atoms with Gasteiger partial charge in [-0.25, -0.2) is 9.67 Å². The van der Waals surface area contributed by atoms with E-state index in [4.69, 9.17) is 4.74 Å². The molecular weight excluding hydrogens is 292 g/mol. The number of rotatable bonds is 6. The van der Waals surface area contributed by atoms with Crippen LogP contribution in [0, 0.1) is 0 Å². The molecular formula is C17H22N4O2. The molecule has 0 aliphatic heterocycles. The van der Waals surface area contributed by atoms with Crippen LogP contribution in [0.2, 0.25) is 0 Å². The molecule has 1 fully saturated rings. The number of benzene rings is 1. The first kappa shape index (κ1) is 15.7. The smallest absolute Gasteiger partial charge is 0.250 e. The van der Waals surface area contributed by atoms with Crippen LogP contribution in [0.1, 0.15) is 37.7 Å². The summed E-state index contributed by atoms with van der Waals surface area (Å²) in [5.41, 5.74) is 1.89. The topological polar surface area (TPSA) is 69.0 Å². The van der Waals surface area contributed by atoms with Crippen molar-refractivity contribution in [3.05, 3.63) is 42.5 Å². The Kier molecular flexibility index (Phi) is 5.37. The van der Waals surface area contributed by atoms with Crippen LogP contribution in [-0.4, -0.2) is 33.4 Å². The predicted molar refractivity (Wildman–Crippen MR) is 87.0 cm³/mol. The molecule has 1 amide bonds. The number of nitrogens with one attached hydrogen (secondary N) is 1. The summed E-state index contributed by atoms with van der Waals surface area (Å²) in [6, 6.07) is 7.73. The van der Waals surface area contributed by atoms with Crippen molar-refractivity contribution in [2.45, 2.75) is 44.8 Å². The molecule has 0 bridgehead atoms. The zero-order valence-electron chi connectivity index (χ0n) is 13.1. The average molecular weight is 314 g/mol.